The second-order valence-corrected chi connectivity index (χ2v) is 6.54. The van der Waals surface area contributed by atoms with Crippen molar-refractivity contribution in [3.63, 3.8) is 0 Å². The normalized spacial score (nSPS) is 13.3. The second-order valence-electron chi connectivity index (χ2n) is 6.54. The van der Waals surface area contributed by atoms with E-state index in [2.05, 4.69) is 5.32 Å². The van der Waals surface area contributed by atoms with Crippen molar-refractivity contribution >= 4 is 17.6 Å². The van der Waals surface area contributed by atoms with Gasteiger partial charge in [0.05, 0.1) is 38.3 Å². The van der Waals surface area contributed by atoms with Crippen molar-refractivity contribution < 1.29 is 19.1 Å². The van der Waals surface area contributed by atoms with Crippen molar-refractivity contribution in [1.29, 1.82) is 0 Å². The molecule has 0 radical (unpaired) electrons. The molecule has 26 heavy (non-hydrogen) atoms. The van der Waals surface area contributed by atoms with Crippen LogP contribution in [-0.2, 0) is 25.5 Å². The van der Waals surface area contributed by atoms with Gasteiger partial charge in [-0.2, -0.15) is 0 Å². The van der Waals surface area contributed by atoms with Crippen molar-refractivity contribution in [3.8, 4) is 0 Å². The molecule has 0 aromatic heterocycles. The Bertz CT molecular complexity index is 560. The molecular weight excluding hydrogens is 334 g/mol. The lowest BCUT2D eigenvalue weighted by atomic mass is 10.0. The molecule has 0 saturated heterocycles. The van der Waals surface area contributed by atoms with Gasteiger partial charge in [-0.3, -0.25) is 9.59 Å². The van der Waals surface area contributed by atoms with E-state index in [1.54, 1.807) is 19.1 Å². The molecule has 146 valence electrons. The van der Waals surface area contributed by atoms with Crippen LogP contribution in [0.15, 0.2) is 24.3 Å². The summed E-state index contributed by atoms with van der Waals surface area (Å²) in [5, 5.41) is 2.93. The SMILES string of the molecule is CCOC(=O)CCOC[C@@H](NC(=O)[C@H](N)Cc1ccc(N)cc1)C(C)C. The minimum Gasteiger partial charge on any atom is -0.466 e. The lowest BCUT2D eigenvalue weighted by molar-refractivity contribution is -0.144. The molecule has 0 aliphatic rings. The molecule has 0 unspecified atom stereocenters. The average Bonchev–Trinajstić information content (AvgIpc) is 2.59. The largest absolute Gasteiger partial charge is 0.466 e. The predicted molar refractivity (Wildman–Crippen MR) is 101 cm³/mol. The van der Waals surface area contributed by atoms with Crippen LogP contribution in [0.25, 0.3) is 0 Å². The maximum Gasteiger partial charge on any atom is 0.308 e. The summed E-state index contributed by atoms with van der Waals surface area (Å²) in [4.78, 5) is 23.7. The van der Waals surface area contributed by atoms with Gasteiger partial charge < -0.3 is 26.3 Å². The highest BCUT2D eigenvalue weighted by Crippen LogP contribution is 2.08. The number of nitrogens with one attached hydrogen (secondary N) is 1. The van der Waals surface area contributed by atoms with Gasteiger partial charge in [0, 0.05) is 5.69 Å². The van der Waals surface area contributed by atoms with Crippen LogP contribution >= 0.6 is 0 Å². The van der Waals surface area contributed by atoms with E-state index in [-0.39, 0.29) is 36.9 Å². The van der Waals surface area contributed by atoms with Crippen LogP contribution in [0.4, 0.5) is 5.69 Å². The quantitative estimate of drug-likeness (QED) is 0.309. The van der Waals surface area contributed by atoms with Gasteiger partial charge in [-0.15, -0.1) is 0 Å². The highest BCUT2D eigenvalue weighted by molar-refractivity contribution is 5.82. The molecule has 0 heterocycles. The molecule has 0 fully saturated rings. The Kier molecular flexibility index (Phi) is 9.69. The van der Waals surface area contributed by atoms with Crippen molar-refractivity contribution in [3.05, 3.63) is 29.8 Å². The number of hydrogen-bond donors (Lipinski definition) is 3. The zero-order valence-electron chi connectivity index (χ0n) is 15.9. The molecule has 0 aliphatic heterocycles. The molecule has 7 nitrogen and oxygen atoms in total. The van der Waals surface area contributed by atoms with E-state index < -0.39 is 6.04 Å². The van der Waals surface area contributed by atoms with Crippen LogP contribution in [0.1, 0.15) is 32.8 Å². The molecule has 1 aromatic carbocycles. The smallest absolute Gasteiger partial charge is 0.308 e. The Morgan fingerprint density at radius 1 is 1.19 bits per heavy atom. The Hall–Kier alpha value is -2.12. The lowest BCUT2D eigenvalue weighted by Gasteiger charge is -2.24. The topological polar surface area (TPSA) is 117 Å². The number of ether oxygens (including phenoxy) is 2. The van der Waals surface area contributed by atoms with Gasteiger partial charge in [0.15, 0.2) is 0 Å². The van der Waals surface area contributed by atoms with Crippen LogP contribution < -0.4 is 16.8 Å². The third-order valence-corrected chi connectivity index (χ3v) is 3.96. The molecule has 0 aliphatic carbocycles. The number of amides is 1. The minimum absolute atomic E-state index is 0.172. The molecule has 0 bridgehead atoms. The van der Waals surface area contributed by atoms with E-state index >= 15 is 0 Å². The minimum atomic E-state index is -0.653. The van der Waals surface area contributed by atoms with Crippen LogP contribution in [0, 0.1) is 5.92 Å². The average molecular weight is 365 g/mol. The maximum atomic E-state index is 12.4. The molecule has 7 heteroatoms. The van der Waals surface area contributed by atoms with Crippen LogP contribution in [-0.4, -0.2) is 43.8 Å². The van der Waals surface area contributed by atoms with Crippen molar-refractivity contribution in [1.82, 2.24) is 5.32 Å². The zero-order chi connectivity index (χ0) is 19.5. The summed E-state index contributed by atoms with van der Waals surface area (Å²) in [5.74, 6) is -0.345. The Balaban J connectivity index is 2.43. The fourth-order valence-electron chi connectivity index (χ4n) is 2.29. The number of carbonyl (C=O) groups excluding carboxylic acids is 2. The highest BCUT2D eigenvalue weighted by atomic mass is 16.5. The van der Waals surface area contributed by atoms with Gasteiger partial charge in [-0.1, -0.05) is 26.0 Å². The number of carbonyl (C=O) groups is 2. The number of hydrogen-bond acceptors (Lipinski definition) is 6. The van der Waals surface area contributed by atoms with Crippen molar-refractivity contribution in [2.24, 2.45) is 11.7 Å². The molecule has 0 spiro atoms. The summed E-state index contributed by atoms with van der Waals surface area (Å²) in [6.45, 7) is 6.68. The molecule has 1 rings (SSSR count). The standard InChI is InChI=1S/C19H31N3O4/c1-4-26-18(23)9-10-25-12-17(13(2)3)22-19(24)16(21)11-14-5-7-15(20)8-6-14/h5-8,13,16-17H,4,9-12,20-21H2,1-3H3,(H,22,24)/t16-,17-/m1/s1. The van der Waals surface area contributed by atoms with E-state index in [1.165, 1.54) is 0 Å². The predicted octanol–water partition coefficient (Wildman–Crippen LogP) is 1.25. The molecule has 1 aromatic rings. The molecule has 2 atom stereocenters. The Labute approximate surface area is 155 Å². The first-order valence-corrected chi connectivity index (χ1v) is 8.97. The fourth-order valence-corrected chi connectivity index (χ4v) is 2.29. The third-order valence-electron chi connectivity index (χ3n) is 3.96. The van der Waals surface area contributed by atoms with Crippen molar-refractivity contribution in [2.45, 2.75) is 45.7 Å². The van der Waals surface area contributed by atoms with Gasteiger partial charge >= 0.3 is 5.97 Å². The first-order chi connectivity index (χ1) is 12.3. The summed E-state index contributed by atoms with van der Waals surface area (Å²) >= 11 is 0. The van der Waals surface area contributed by atoms with Gasteiger partial charge in [-0.05, 0) is 37.0 Å². The second kappa shape index (κ2) is 11.5. The summed E-state index contributed by atoms with van der Waals surface area (Å²) in [6.07, 6.45) is 0.629. The molecule has 5 N–H and O–H groups in total. The van der Waals surface area contributed by atoms with E-state index in [1.807, 2.05) is 26.0 Å². The van der Waals surface area contributed by atoms with Gasteiger partial charge in [-0.25, -0.2) is 0 Å². The fraction of sp³-hybridized carbons (Fsp3) is 0.579. The van der Waals surface area contributed by atoms with Gasteiger partial charge in [0.2, 0.25) is 5.91 Å². The van der Waals surface area contributed by atoms with Gasteiger partial charge in [0.1, 0.15) is 0 Å². The molecule has 1 amide bonds. The van der Waals surface area contributed by atoms with Crippen LogP contribution in [0.2, 0.25) is 0 Å². The van der Waals surface area contributed by atoms with E-state index in [4.69, 9.17) is 20.9 Å². The van der Waals surface area contributed by atoms with E-state index in [9.17, 15) is 9.59 Å². The summed E-state index contributed by atoms with van der Waals surface area (Å²) in [5.41, 5.74) is 13.3. The van der Waals surface area contributed by atoms with Gasteiger partial charge in [0.25, 0.3) is 0 Å². The van der Waals surface area contributed by atoms with E-state index in [0.29, 0.717) is 25.3 Å². The number of esters is 1. The lowest BCUT2D eigenvalue weighted by Crippen LogP contribution is -2.49. The van der Waals surface area contributed by atoms with Crippen LogP contribution in [0.3, 0.4) is 0 Å². The molecular formula is C19H31N3O4. The summed E-state index contributed by atoms with van der Waals surface area (Å²) < 4.78 is 10.4. The summed E-state index contributed by atoms with van der Waals surface area (Å²) in [7, 11) is 0. The number of nitrogens with two attached hydrogens (primary N) is 2. The van der Waals surface area contributed by atoms with Crippen molar-refractivity contribution in [2.75, 3.05) is 25.6 Å². The van der Waals surface area contributed by atoms with Crippen LogP contribution in [0.5, 0.6) is 0 Å². The number of nitrogen functional groups attached to an aromatic ring is 1. The first-order valence-electron chi connectivity index (χ1n) is 8.97. The Morgan fingerprint density at radius 3 is 2.42 bits per heavy atom. The monoisotopic (exact) mass is 365 g/mol. The zero-order valence-corrected chi connectivity index (χ0v) is 15.9. The van der Waals surface area contributed by atoms with E-state index in [0.717, 1.165) is 5.56 Å². The summed E-state index contributed by atoms with van der Waals surface area (Å²) in [6, 6.07) is 6.46. The number of benzene rings is 1. The third kappa shape index (κ3) is 8.31. The number of anilines is 1. The Morgan fingerprint density at radius 2 is 1.85 bits per heavy atom. The highest BCUT2D eigenvalue weighted by Gasteiger charge is 2.21. The molecule has 0 saturated carbocycles. The first kappa shape index (κ1) is 21.9. The maximum absolute atomic E-state index is 12.4. The number of rotatable bonds is 11.